The van der Waals surface area contributed by atoms with Crippen molar-refractivity contribution in [1.29, 1.82) is 0 Å². The van der Waals surface area contributed by atoms with E-state index in [0.29, 0.717) is 6.42 Å². The Morgan fingerprint density at radius 3 is 2.62 bits per heavy atom. The molecule has 0 aliphatic carbocycles. The molecule has 0 fully saturated rings. The molecule has 0 amide bonds. The number of hydrogen-bond donors (Lipinski definition) is 2. The van der Waals surface area contributed by atoms with Crippen molar-refractivity contribution in [2.24, 2.45) is 0 Å². The van der Waals surface area contributed by atoms with Gasteiger partial charge in [0.25, 0.3) is 0 Å². The Hall–Kier alpha value is -1.12. The van der Waals surface area contributed by atoms with Gasteiger partial charge in [-0.3, -0.25) is 0 Å². The number of sulfonamides is 1. The molecule has 1 rings (SSSR count). The first-order valence-electron chi connectivity index (χ1n) is 6.31. The van der Waals surface area contributed by atoms with E-state index in [2.05, 4.69) is 4.72 Å². The molecule has 0 aliphatic heterocycles. The van der Waals surface area contributed by atoms with Crippen molar-refractivity contribution in [1.82, 2.24) is 4.72 Å². The molecule has 0 radical (unpaired) electrons. The molecule has 0 saturated heterocycles. The number of carbonyl (C=O) groups is 1. The van der Waals surface area contributed by atoms with Gasteiger partial charge in [-0.05, 0) is 43.9 Å². The lowest BCUT2D eigenvalue weighted by molar-refractivity contribution is 0.0696. The molecule has 0 aromatic heterocycles. The van der Waals surface area contributed by atoms with Gasteiger partial charge in [-0.1, -0.05) is 0 Å². The van der Waals surface area contributed by atoms with Gasteiger partial charge < -0.3 is 5.11 Å². The van der Waals surface area contributed by atoms with E-state index in [1.807, 2.05) is 6.26 Å². The van der Waals surface area contributed by atoms with Crippen molar-refractivity contribution in [3.63, 3.8) is 0 Å². The number of nitrogens with one attached hydrogen (secondary N) is 1. The first-order valence-corrected chi connectivity index (χ1v) is 9.19. The smallest absolute Gasteiger partial charge is 0.335 e. The number of carboxylic acid groups (broad SMARTS) is 1. The maximum Gasteiger partial charge on any atom is 0.335 e. The average Bonchev–Trinajstić information content (AvgIpc) is 2.40. The fraction of sp³-hybridized carbons (Fsp3) is 0.462. The van der Waals surface area contributed by atoms with Crippen LogP contribution in [0.5, 0.6) is 0 Å². The molecule has 21 heavy (non-hydrogen) atoms. The van der Waals surface area contributed by atoms with Crippen LogP contribution in [0.3, 0.4) is 0 Å². The van der Waals surface area contributed by atoms with E-state index in [-0.39, 0.29) is 22.6 Å². The lowest BCUT2D eigenvalue weighted by Gasteiger charge is -2.11. The summed E-state index contributed by atoms with van der Waals surface area (Å²) in [6.07, 6.45) is 3.50. The third-order valence-electron chi connectivity index (χ3n) is 2.90. The highest BCUT2D eigenvalue weighted by Gasteiger charge is 2.21. The molecular formula is C13H18FNO4S2. The average molecular weight is 335 g/mol. The molecule has 0 aliphatic rings. The van der Waals surface area contributed by atoms with Crippen LogP contribution in [0.15, 0.2) is 17.0 Å². The fourth-order valence-corrected chi connectivity index (χ4v) is 3.56. The zero-order valence-electron chi connectivity index (χ0n) is 11.8. The Morgan fingerprint density at radius 2 is 2.05 bits per heavy atom. The standard InChI is InChI=1S/C13H18FNO4S2/c1-9-11(14)7-10(13(16)17)8-12(9)21(18,19)15-5-3-4-6-20-2/h7-8,15H,3-6H2,1-2H3,(H,16,17). The van der Waals surface area contributed by atoms with Gasteiger partial charge in [-0.2, -0.15) is 11.8 Å². The zero-order chi connectivity index (χ0) is 16.0. The molecule has 1 aromatic rings. The second-order valence-corrected chi connectivity index (χ2v) is 7.21. The largest absolute Gasteiger partial charge is 0.478 e. The van der Waals surface area contributed by atoms with Crippen molar-refractivity contribution < 1.29 is 22.7 Å². The summed E-state index contributed by atoms with van der Waals surface area (Å²) in [6, 6.07) is 1.79. The fourth-order valence-electron chi connectivity index (χ4n) is 1.71. The Kier molecular flexibility index (Phi) is 6.63. The van der Waals surface area contributed by atoms with E-state index < -0.39 is 21.8 Å². The van der Waals surface area contributed by atoms with Crippen molar-refractivity contribution in [3.8, 4) is 0 Å². The lowest BCUT2D eigenvalue weighted by atomic mass is 10.1. The van der Waals surface area contributed by atoms with Crippen LogP contribution in [0.25, 0.3) is 0 Å². The quantitative estimate of drug-likeness (QED) is 0.712. The third kappa shape index (κ3) is 4.98. The van der Waals surface area contributed by atoms with Crippen LogP contribution in [-0.4, -0.2) is 38.0 Å². The Morgan fingerprint density at radius 1 is 1.38 bits per heavy atom. The van der Waals surface area contributed by atoms with Crippen LogP contribution in [0.2, 0.25) is 0 Å². The predicted molar refractivity (Wildman–Crippen MR) is 80.9 cm³/mol. The molecule has 0 spiro atoms. The highest BCUT2D eigenvalue weighted by molar-refractivity contribution is 7.98. The number of aromatic carboxylic acids is 1. The zero-order valence-corrected chi connectivity index (χ0v) is 13.5. The minimum atomic E-state index is -3.92. The number of thioether (sulfide) groups is 1. The second kappa shape index (κ2) is 7.77. The van der Waals surface area contributed by atoms with Crippen LogP contribution in [0.1, 0.15) is 28.8 Å². The van der Waals surface area contributed by atoms with Crippen LogP contribution in [0.4, 0.5) is 4.39 Å². The van der Waals surface area contributed by atoms with Gasteiger partial charge in [0.1, 0.15) is 5.82 Å². The number of benzene rings is 1. The van der Waals surface area contributed by atoms with E-state index in [1.54, 1.807) is 11.8 Å². The lowest BCUT2D eigenvalue weighted by Crippen LogP contribution is -2.26. The second-order valence-electron chi connectivity index (χ2n) is 4.48. The summed E-state index contributed by atoms with van der Waals surface area (Å²) < 4.78 is 40.3. The number of unbranched alkanes of at least 4 members (excludes halogenated alkanes) is 1. The first-order chi connectivity index (χ1) is 9.79. The summed E-state index contributed by atoms with van der Waals surface area (Å²) in [6.45, 7) is 1.55. The number of hydrogen-bond acceptors (Lipinski definition) is 4. The first kappa shape index (κ1) is 17.9. The SMILES string of the molecule is CSCCCCNS(=O)(=O)c1cc(C(=O)O)cc(F)c1C. The summed E-state index contributed by atoms with van der Waals surface area (Å²) in [5, 5.41) is 8.88. The number of rotatable bonds is 8. The van der Waals surface area contributed by atoms with Crippen molar-refractivity contribution >= 4 is 27.8 Å². The molecule has 1 aromatic carbocycles. The van der Waals surface area contributed by atoms with E-state index in [0.717, 1.165) is 24.3 Å². The van der Waals surface area contributed by atoms with Crippen molar-refractivity contribution in [3.05, 3.63) is 29.1 Å². The van der Waals surface area contributed by atoms with Crippen LogP contribution in [0, 0.1) is 12.7 Å². The molecule has 2 N–H and O–H groups in total. The number of halogens is 1. The van der Waals surface area contributed by atoms with E-state index in [1.165, 1.54) is 6.92 Å². The van der Waals surface area contributed by atoms with Crippen LogP contribution < -0.4 is 4.72 Å². The summed E-state index contributed by atoms with van der Waals surface area (Å²) in [7, 11) is -3.92. The van der Waals surface area contributed by atoms with Crippen LogP contribution >= 0.6 is 11.8 Å². The monoisotopic (exact) mass is 335 g/mol. The van der Waals surface area contributed by atoms with Gasteiger partial charge >= 0.3 is 5.97 Å². The number of carboxylic acids is 1. The molecule has 8 heteroatoms. The minimum Gasteiger partial charge on any atom is -0.478 e. The Bertz CT molecular complexity index is 617. The van der Waals surface area contributed by atoms with Crippen molar-refractivity contribution in [2.75, 3.05) is 18.6 Å². The molecule has 0 atom stereocenters. The molecule has 0 bridgehead atoms. The summed E-state index contributed by atoms with van der Waals surface area (Å²) >= 11 is 1.67. The van der Waals surface area contributed by atoms with Crippen molar-refractivity contribution in [2.45, 2.75) is 24.7 Å². The van der Waals surface area contributed by atoms with E-state index >= 15 is 0 Å². The highest BCUT2D eigenvalue weighted by Crippen LogP contribution is 2.20. The summed E-state index contributed by atoms with van der Waals surface area (Å²) in [5.74, 6) is -1.29. The highest BCUT2D eigenvalue weighted by atomic mass is 32.2. The Balaban J connectivity index is 2.94. The van der Waals surface area contributed by atoms with Gasteiger partial charge in [-0.25, -0.2) is 22.3 Å². The maximum absolute atomic E-state index is 13.7. The van der Waals surface area contributed by atoms with Gasteiger partial charge in [0, 0.05) is 12.1 Å². The normalized spacial score (nSPS) is 11.6. The van der Waals surface area contributed by atoms with Crippen LogP contribution in [-0.2, 0) is 10.0 Å². The summed E-state index contributed by atoms with van der Waals surface area (Å²) in [5.41, 5.74) is -0.475. The molecule has 5 nitrogen and oxygen atoms in total. The topological polar surface area (TPSA) is 83.5 Å². The van der Waals surface area contributed by atoms with E-state index in [9.17, 15) is 17.6 Å². The molecule has 118 valence electrons. The molecule has 0 unspecified atom stereocenters. The van der Waals surface area contributed by atoms with Gasteiger partial charge in [0.2, 0.25) is 10.0 Å². The third-order valence-corrected chi connectivity index (χ3v) is 5.18. The van der Waals surface area contributed by atoms with Gasteiger partial charge in [-0.15, -0.1) is 0 Å². The minimum absolute atomic E-state index is 0.0865. The van der Waals surface area contributed by atoms with Gasteiger partial charge in [0.05, 0.1) is 10.5 Å². The molecular weight excluding hydrogens is 317 g/mol. The Labute approximate surface area is 128 Å². The maximum atomic E-state index is 13.7. The van der Waals surface area contributed by atoms with E-state index in [4.69, 9.17) is 5.11 Å². The predicted octanol–water partition coefficient (Wildman–Crippen LogP) is 2.25. The molecule has 0 heterocycles. The molecule has 0 saturated carbocycles. The van der Waals surface area contributed by atoms with Gasteiger partial charge in [0.15, 0.2) is 0 Å². The summed E-state index contributed by atoms with van der Waals surface area (Å²) in [4.78, 5) is 10.6.